The fraction of sp³-hybridized carbons (Fsp3) is 0.200. The van der Waals surface area contributed by atoms with Crippen LogP contribution in [0.4, 0.5) is 0 Å². The molecule has 26 heavy (non-hydrogen) atoms. The molecule has 0 saturated carbocycles. The van der Waals surface area contributed by atoms with Crippen molar-refractivity contribution in [2.75, 3.05) is 14.2 Å². The number of hydrogen-bond donors (Lipinski definition) is 1. The van der Waals surface area contributed by atoms with Crippen LogP contribution in [0.5, 0.6) is 11.5 Å². The molecule has 2 aromatic carbocycles. The Morgan fingerprint density at radius 2 is 1.85 bits per heavy atom. The summed E-state index contributed by atoms with van der Waals surface area (Å²) in [5.74, 6) is 1.43. The lowest BCUT2D eigenvalue weighted by atomic mass is 10.1. The number of carbonyl (C=O) groups excluding carboxylic acids is 1. The molecule has 6 heteroatoms. The summed E-state index contributed by atoms with van der Waals surface area (Å²) in [5, 5.41) is 6.95. The molecule has 3 aromatic rings. The zero-order valence-corrected chi connectivity index (χ0v) is 14.9. The summed E-state index contributed by atoms with van der Waals surface area (Å²) in [6.07, 6.45) is 0. The van der Waals surface area contributed by atoms with Gasteiger partial charge in [-0.25, -0.2) is 0 Å². The van der Waals surface area contributed by atoms with Gasteiger partial charge in [0.1, 0.15) is 17.0 Å². The lowest BCUT2D eigenvalue weighted by Crippen LogP contribution is -2.24. The first kappa shape index (κ1) is 17.5. The monoisotopic (exact) mass is 352 g/mol. The van der Waals surface area contributed by atoms with Gasteiger partial charge in [-0.05, 0) is 13.0 Å². The lowest BCUT2D eigenvalue weighted by molar-refractivity contribution is 0.0949. The quantitative estimate of drug-likeness (QED) is 0.734. The molecule has 0 atom stereocenters. The van der Waals surface area contributed by atoms with Crippen molar-refractivity contribution in [2.24, 2.45) is 0 Å². The number of benzene rings is 2. The molecule has 134 valence electrons. The fourth-order valence-corrected chi connectivity index (χ4v) is 2.79. The fourth-order valence-electron chi connectivity index (χ4n) is 2.79. The highest BCUT2D eigenvalue weighted by Crippen LogP contribution is 2.31. The van der Waals surface area contributed by atoms with Crippen molar-refractivity contribution in [2.45, 2.75) is 13.5 Å². The van der Waals surface area contributed by atoms with Gasteiger partial charge in [-0.3, -0.25) is 4.79 Å². The number of methoxy groups -OCH3 is 2. The Hall–Kier alpha value is -3.28. The third kappa shape index (κ3) is 3.39. The highest BCUT2D eigenvalue weighted by atomic mass is 16.5. The van der Waals surface area contributed by atoms with Gasteiger partial charge >= 0.3 is 0 Å². The molecule has 0 aliphatic heterocycles. The Balaban J connectivity index is 1.83. The van der Waals surface area contributed by atoms with E-state index in [0.29, 0.717) is 28.5 Å². The van der Waals surface area contributed by atoms with Gasteiger partial charge in [0, 0.05) is 17.7 Å². The summed E-state index contributed by atoms with van der Waals surface area (Å²) >= 11 is 0. The van der Waals surface area contributed by atoms with Crippen molar-refractivity contribution < 1.29 is 18.8 Å². The molecule has 0 aliphatic rings. The van der Waals surface area contributed by atoms with Crippen molar-refractivity contribution in [3.63, 3.8) is 0 Å². The summed E-state index contributed by atoms with van der Waals surface area (Å²) in [6, 6.07) is 15.0. The normalized spacial score (nSPS) is 10.4. The third-order valence-corrected chi connectivity index (χ3v) is 4.06. The van der Waals surface area contributed by atoms with Crippen molar-refractivity contribution in [3.8, 4) is 22.8 Å². The molecule has 0 saturated heterocycles. The summed E-state index contributed by atoms with van der Waals surface area (Å²) in [4.78, 5) is 12.8. The first-order chi connectivity index (χ1) is 12.7. The average molecular weight is 352 g/mol. The van der Waals surface area contributed by atoms with Crippen molar-refractivity contribution in [1.29, 1.82) is 0 Å². The molecule has 1 N–H and O–H groups in total. The van der Waals surface area contributed by atoms with Crippen LogP contribution in [0, 0.1) is 6.92 Å². The van der Waals surface area contributed by atoms with E-state index < -0.39 is 0 Å². The molecule has 1 heterocycles. The second-order valence-corrected chi connectivity index (χ2v) is 5.66. The third-order valence-electron chi connectivity index (χ3n) is 4.06. The number of ether oxygens (including phenoxy) is 2. The van der Waals surface area contributed by atoms with Crippen LogP contribution in [0.15, 0.2) is 53.1 Å². The van der Waals surface area contributed by atoms with Crippen LogP contribution in [0.2, 0.25) is 0 Å². The van der Waals surface area contributed by atoms with E-state index in [0.717, 1.165) is 11.1 Å². The predicted octanol–water partition coefficient (Wildman–Crippen LogP) is 3.60. The Morgan fingerprint density at radius 1 is 1.08 bits per heavy atom. The molecule has 0 bridgehead atoms. The molecule has 0 radical (unpaired) electrons. The van der Waals surface area contributed by atoms with Gasteiger partial charge in [0.05, 0.1) is 14.2 Å². The molecular formula is C20H20N2O4. The van der Waals surface area contributed by atoms with Crippen LogP contribution in [-0.4, -0.2) is 25.3 Å². The molecule has 0 aliphatic carbocycles. The van der Waals surface area contributed by atoms with Gasteiger partial charge in [-0.1, -0.05) is 47.6 Å². The molecular weight excluding hydrogens is 332 g/mol. The van der Waals surface area contributed by atoms with Crippen LogP contribution in [0.3, 0.4) is 0 Å². The number of rotatable bonds is 6. The minimum atomic E-state index is -0.257. The smallest absolute Gasteiger partial charge is 0.257 e. The van der Waals surface area contributed by atoms with E-state index in [1.165, 1.54) is 0 Å². The minimum absolute atomic E-state index is 0.257. The molecule has 3 rings (SSSR count). The summed E-state index contributed by atoms with van der Waals surface area (Å²) in [7, 11) is 3.15. The molecule has 0 spiro atoms. The Bertz CT molecular complexity index is 903. The first-order valence-corrected chi connectivity index (χ1v) is 8.15. The van der Waals surface area contributed by atoms with E-state index in [1.807, 2.05) is 48.5 Å². The van der Waals surface area contributed by atoms with Crippen LogP contribution in [0.1, 0.15) is 21.7 Å². The predicted molar refractivity (Wildman–Crippen MR) is 97.4 cm³/mol. The summed E-state index contributed by atoms with van der Waals surface area (Å²) < 4.78 is 15.9. The number of aryl methyl sites for hydroxylation is 1. The van der Waals surface area contributed by atoms with Gasteiger partial charge < -0.3 is 19.3 Å². The average Bonchev–Trinajstić information content (AvgIpc) is 3.07. The molecule has 0 fully saturated rings. The molecule has 6 nitrogen and oxygen atoms in total. The highest BCUT2D eigenvalue weighted by molar-refractivity contribution is 6.00. The van der Waals surface area contributed by atoms with E-state index in [4.69, 9.17) is 14.0 Å². The lowest BCUT2D eigenvalue weighted by Gasteiger charge is -2.13. The SMILES string of the molecule is COc1cccc(CNC(=O)c2c(-c3ccccc3)noc2C)c1OC. The van der Waals surface area contributed by atoms with E-state index in [2.05, 4.69) is 10.5 Å². The number of amides is 1. The number of nitrogens with zero attached hydrogens (tertiary/aromatic N) is 1. The summed E-state index contributed by atoms with van der Waals surface area (Å²) in [5.41, 5.74) is 2.60. The number of para-hydroxylation sites is 1. The number of hydrogen-bond acceptors (Lipinski definition) is 5. The van der Waals surface area contributed by atoms with Gasteiger partial charge in [0.25, 0.3) is 5.91 Å². The van der Waals surface area contributed by atoms with Gasteiger partial charge in [0.2, 0.25) is 0 Å². The molecule has 0 unspecified atom stereocenters. The second kappa shape index (κ2) is 7.74. The number of carbonyl (C=O) groups is 1. The van der Waals surface area contributed by atoms with E-state index in [1.54, 1.807) is 21.1 Å². The van der Waals surface area contributed by atoms with Crippen LogP contribution in [-0.2, 0) is 6.54 Å². The van der Waals surface area contributed by atoms with Crippen LogP contribution < -0.4 is 14.8 Å². The van der Waals surface area contributed by atoms with E-state index in [-0.39, 0.29) is 12.5 Å². The van der Waals surface area contributed by atoms with Gasteiger partial charge in [-0.15, -0.1) is 0 Å². The van der Waals surface area contributed by atoms with Crippen molar-refractivity contribution in [3.05, 3.63) is 65.4 Å². The zero-order chi connectivity index (χ0) is 18.5. The molecule has 1 amide bonds. The highest BCUT2D eigenvalue weighted by Gasteiger charge is 2.21. The summed E-state index contributed by atoms with van der Waals surface area (Å²) in [6.45, 7) is 2.01. The van der Waals surface area contributed by atoms with Gasteiger partial charge in [0.15, 0.2) is 11.5 Å². The largest absolute Gasteiger partial charge is 0.493 e. The van der Waals surface area contributed by atoms with E-state index in [9.17, 15) is 4.79 Å². The Morgan fingerprint density at radius 3 is 2.54 bits per heavy atom. The molecule has 1 aromatic heterocycles. The van der Waals surface area contributed by atoms with Gasteiger partial charge in [-0.2, -0.15) is 0 Å². The second-order valence-electron chi connectivity index (χ2n) is 5.66. The first-order valence-electron chi connectivity index (χ1n) is 8.15. The maximum Gasteiger partial charge on any atom is 0.257 e. The zero-order valence-electron chi connectivity index (χ0n) is 14.9. The van der Waals surface area contributed by atoms with Crippen molar-refractivity contribution >= 4 is 5.91 Å². The van der Waals surface area contributed by atoms with Crippen LogP contribution >= 0.6 is 0 Å². The Kier molecular flexibility index (Phi) is 5.22. The standard InChI is InChI=1S/C20H20N2O4/c1-13-17(18(22-26-13)14-8-5-4-6-9-14)20(23)21-12-15-10-7-11-16(24-2)19(15)25-3/h4-11H,12H2,1-3H3,(H,21,23). The number of nitrogens with one attached hydrogen (secondary N) is 1. The van der Waals surface area contributed by atoms with Crippen molar-refractivity contribution in [1.82, 2.24) is 10.5 Å². The minimum Gasteiger partial charge on any atom is -0.493 e. The van der Waals surface area contributed by atoms with E-state index >= 15 is 0 Å². The topological polar surface area (TPSA) is 73.6 Å². The maximum atomic E-state index is 12.8. The maximum absolute atomic E-state index is 12.8. The number of aromatic nitrogens is 1. The Labute approximate surface area is 151 Å². The van der Waals surface area contributed by atoms with Crippen LogP contribution in [0.25, 0.3) is 11.3 Å².